The first-order valence-electron chi connectivity index (χ1n) is 6.41. The number of aryl methyl sites for hydroxylation is 2. The molecule has 1 aliphatic rings. The number of nitrogens with zero attached hydrogens (tertiary/aromatic N) is 1. The largest absolute Gasteiger partial charge is 0.299 e. The topological polar surface area (TPSA) is 3.24 Å². The van der Waals surface area contributed by atoms with Crippen LogP contribution in [0.15, 0.2) is 17.2 Å². The van der Waals surface area contributed by atoms with Gasteiger partial charge in [0.25, 0.3) is 0 Å². The monoisotopic (exact) mass is 249 g/mol. The summed E-state index contributed by atoms with van der Waals surface area (Å²) in [6.45, 7) is 10.3. The van der Waals surface area contributed by atoms with E-state index < -0.39 is 0 Å². The van der Waals surface area contributed by atoms with Gasteiger partial charge in [0.2, 0.25) is 0 Å². The van der Waals surface area contributed by atoms with E-state index in [1.54, 1.807) is 16.7 Å². The van der Waals surface area contributed by atoms with Crippen molar-refractivity contribution in [3.05, 3.63) is 32.5 Å². The minimum Gasteiger partial charge on any atom is -0.299 e. The smallest absolute Gasteiger partial charge is 0.0345 e. The van der Waals surface area contributed by atoms with Crippen LogP contribution in [0.25, 0.3) is 0 Å². The maximum atomic E-state index is 2.51. The van der Waals surface area contributed by atoms with Gasteiger partial charge < -0.3 is 0 Å². The molecule has 0 saturated heterocycles. The number of hydrogen-bond acceptors (Lipinski definition) is 2. The standard InChI is InChI=1S/C15H23NS/c1-10-6-7-16(5)15(12(10)3)9-14-8-11(2)17-13(14)4/h8,15H,6-7,9H2,1-5H3. The Bertz CT molecular complexity index is 442. The molecule has 0 radical (unpaired) electrons. The Morgan fingerprint density at radius 2 is 2.00 bits per heavy atom. The highest BCUT2D eigenvalue weighted by molar-refractivity contribution is 7.12. The summed E-state index contributed by atoms with van der Waals surface area (Å²) in [6.07, 6.45) is 2.41. The first-order chi connectivity index (χ1) is 7.99. The van der Waals surface area contributed by atoms with Gasteiger partial charge in [-0.25, -0.2) is 0 Å². The molecule has 1 aliphatic heterocycles. The van der Waals surface area contributed by atoms with Crippen LogP contribution in [0, 0.1) is 13.8 Å². The van der Waals surface area contributed by atoms with Gasteiger partial charge >= 0.3 is 0 Å². The van der Waals surface area contributed by atoms with E-state index >= 15 is 0 Å². The van der Waals surface area contributed by atoms with Gasteiger partial charge in [0.15, 0.2) is 0 Å². The Labute approximate surface area is 109 Å². The molecule has 2 heteroatoms. The fourth-order valence-corrected chi connectivity index (χ4v) is 3.67. The summed E-state index contributed by atoms with van der Waals surface area (Å²) in [5, 5.41) is 0. The molecule has 0 saturated carbocycles. The van der Waals surface area contributed by atoms with Crippen molar-refractivity contribution in [2.45, 2.75) is 46.6 Å². The number of hydrogen-bond donors (Lipinski definition) is 0. The lowest BCUT2D eigenvalue weighted by Crippen LogP contribution is -2.39. The minimum atomic E-state index is 0.608. The SMILES string of the molecule is CC1=C(C)C(Cc2cc(C)sc2C)N(C)CC1. The van der Waals surface area contributed by atoms with Gasteiger partial charge in [-0.2, -0.15) is 0 Å². The van der Waals surface area contributed by atoms with Gasteiger partial charge in [-0.3, -0.25) is 4.90 Å². The highest BCUT2D eigenvalue weighted by Crippen LogP contribution is 2.28. The quantitative estimate of drug-likeness (QED) is 0.717. The summed E-state index contributed by atoms with van der Waals surface area (Å²) < 4.78 is 0. The van der Waals surface area contributed by atoms with E-state index in [1.165, 1.54) is 29.1 Å². The van der Waals surface area contributed by atoms with Crippen LogP contribution in [-0.2, 0) is 6.42 Å². The van der Waals surface area contributed by atoms with Crippen molar-refractivity contribution in [2.24, 2.45) is 0 Å². The van der Waals surface area contributed by atoms with Crippen molar-refractivity contribution in [1.82, 2.24) is 4.90 Å². The Morgan fingerprint density at radius 1 is 1.29 bits per heavy atom. The van der Waals surface area contributed by atoms with E-state index in [-0.39, 0.29) is 0 Å². The Morgan fingerprint density at radius 3 is 2.59 bits per heavy atom. The normalized spacial score (nSPS) is 22.3. The number of rotatable bonds is 2. The first kappa shape index (κ1) is 12.8. The van der Waals surface area contributed by atoms with E-state index in [2.05, 4.69) is 45.7 Å². The summed E-state index contributed by atoms with van der Waals surface area (Å²) in [5.74, 6) is 0. The van der Waals surface area contributed by atoms with Crippen LogP contribution in [0.3, 0.4) is 0 Å². The molecule has 0 amide bonds. The molecule has 0 fully saturated rings. The molecule has 1 atom stereocenters. The third-order valence-electron chi connectivity index (χ3n) is 4.10. The van der Waals surface area contributed by atoms with Gasteiger partial charge in [-0.1, -0.05) is 11.1 Å². The third-order valence-corrected chi connectivity index (χ3v) is 5.11. The average Bonchev–Trinajstić information content (AvgIpc) is 2.58. The molecule has 2 rings (SSSR count). The summed E-state index contributed by atoms with van der Waals surface area (Å²) in [6, 6.07) is 2.97. The molecule has 0 bridgehead atoms. The van der Waals surface area contributed by atoms with Crippen LogP contribution in [0.1, 0.15) is 35.6 Å². The predicted molar refractivity (Wildman–Crippen MR) is 76.9 cm³/mol. The lowest BCUT2D eigenvalue weighted by molar-refractivity contribution is 0.255. The van der Waals surface area contributed by atoms with E-state index in [0.29, 0.717) is 6.04 Å². The predicted octanol–water partition coefficient (Wildman–Crippen LogP) is 3.95. The zero-order valence-corrected chi connectivity index (χ0v) is 12.4. The molecule has 1 aromatic rings. The maximum absolute atomic E-state index is 2.51. The highest BCUT2D eigenvalue weighted by Gasteiger charge is 2.23. The van der Waals surface area contributed by atoms with Gasteiger partial charge in [0.05, 0.1) is 0 Å². The third kappa shape index (κ3) is 2.63. The zero-order valence-electron chi connectivity index (χ0n) is 11.6. The highest BCUT2D eigenvalue weighted by atomic mass is 32.1. The summed E-state index contributed by atoms with van der Waals surface area (Å²) >= 11 is 1.93. The van der Waals surface area contributed by atoms with Crippen molar-refractivity contribution in [3.8, 4) is 0 Å². The van der Waals surface area contributed by atoms with Crippen LogP contribution < -0.4 is 0 Å². The lowest BCUT2D eigenvalue weighted by atomic mass is 9.91. The second kappa shape index (κ2) is 4.95. The molecule has 0 spiro atoms. The van der Waals surface area contributed by atoms with Gasteiger partial charge in [0.1, 0.15) is 0 Å². The Hall–Kier alpha value is -0.600. The van der Waals surface area contributed by atoms with Crippen LogP contribution in [0.4, 0.5) is 0 Å². The molecule has 94 valence electrons. The van der Waals surface area contributed by atoms with Crippen molar-refractivity contribution in [1.29, 1.82) is 0 Å². The van der Waals surface area contributed by atoms with Crippen molar-refractivity contribution >= 4 is 11.3 Å². The maximum Gasteiger partial charge on any atom is 0.0345 e. The molecule has 1 nitrogen and oxygen atoms in total. The molecular formula is C15H23NS. The van der Waals surface area contributed by atoms with E-state index in [0.717, 1.165) is 0 Å². The van der Waals surface area contributed by atoms with E-state index in [9.17, 15) is 0 Å². The number of thiophene rings is 1. The molecule has 1 aromatic heterocycles. The molecule has 17 heavy (non-hydrogen) atoms. The molecular weight excluding hydrogens is 226 g/mol. The summed E-state index contributed by atoms with van der Waals surface area (Å²) in [5.41, 5.74) is 4.72. The fraction of sp³-hybridized carbons (Fsp3) is 0.600. The van der Waals surface area contributed by atoms with Crippen LogP contribution >= 0.6 is 11.3 Å². The van der Waals surface area contributed by atoms with Crippen molar-refractivity contribution < 1.29 is 0 Å². The Balaban J connectivity index is 2.22. The van der Waals surface area contributed by atoms with Gasteiger partial charge in [-0.05, 0) is 59.2 Å². The van der Waals surface area contributed by atoms with Crippen molar-refractivity contribution in [2.75, 3.05) is 13.6 Å². The average molecular weight is 249 g/mol. The summed E-state index contributed by atoms with van der Waals surface area (Å²) in [7, 11) is 2.26. The Kier molecular flexibility index (Phi) is 3.74. The molecule has 2 heterocycles. The number of likely N-dealkylation sites (N-methyl/N-ethyl adjacent to an activating group) is 1. The summed E-state index contributed by atoms with van der Waals surface area (Å²) in [4.78, 5) is 5.44. The molecule has 0 N–H and O–H groups in total. The van der Waals surface area contributed by atoms with Crippen LogP contribution in [0.2, 0.25) is 0 Å². The van der Waals surface area contributed by atoms with Crippen LogP contribution in [0.5, 0.6) is 0 Å². The second-order valence-electron chi connectivity index (χ2n) is 5.35. The van der Waals surface area contributed by atoms with E-state index in [4.69, 9.17) is 0 Å². The van der Waals surface area contributed by atoms with Gasteiger partial charge in [-0.15, -0.1) is 11.3 Å². The molecule has 0 aliphatic carbocycles. The fourth-order valence-electron chi connectivity index (χ4n) is 2.72. The van der Waals surface area contributed by atoms with Gasteiger partial charge in [0, 0.05) is 22.3 Å². The molecule has 1 unspecified atom stereocenters. The second-order valence-corrected chi connectivity index (χ2v) is 6.81. The van der Waals surface area contributed by atoms with Crippen molar-refractivity contribution in [3.63, 3.8) is 0 Å². The first-order valence-corrected chi connectivity index (χ1v) is 7.23. The lowest BCUT2D eigenvalue weighted by Gasteiger charge is -2.34. The minimum absolute atomic E-state index is 0.608. The van der Waals surface area contributed by atoms with Crippen LogP contribution in [-0.4, -0.2) is 24.5 Å². The van der Waals surface area contributed by atoms with E-state index in [1.807, 2.05) is 11.3 Å². The molecule has 0 aromatic carbocycles. The zero-order chi connectivity index (χ0) is 12.6.